The molecule has 0 atom stereocenters. The molecule has 0 bridgehead atoms. The fourth-order valence-electron chi connectivity index (χ4n) is 2.52. The van der Waals surface area contributed by atoms with Gasteiger partial charge in [-0.3, -0.25) is 0 Å². The van der Waals surface area contributed by atoms with Crippen molar-refractivity contribution in [2.24, 2.45) is 0 Å². The molecule has 0 N–H and O–H groups in total. The van der Waals surface area contributed by atoms with Gasteiger partial charge in [-0.1, -0.05) is 93.4 Å². The molecule has 0 heterocycles. The number of allylic oxidation sites excluding steroid dienone is 1. The summed E-state index contributed by atoms with van der Waals surface area (Å²) in [5.74, 6) is 0.578. The summed E-state index contributed by atoms with van der Waals surface area (Å²) in [6.45, 7) is 4.52. The molecule has 0 aromatic heterocycles. The van der Waals surface area contributed by atoms with Gasteiger partial charge in [0, 0.05) is 5.88 Å². The summed E-state index contributed by atoms with van der Waals surface area (Å²) in [5.41, 5.74) is 4.34. The van der Waals surface area contributed by atoms with Crippen LogP contribution in [-0.2, 0) is 12.8 Å². The maximum absolute atomic E-state index is 5.46. The molecule has 0 spiro atoms. The van der Waals surface area contributed by atoms with E-state index in [1.807, 2.05) is 42.5 Å². The van der Waals surface area contributed by atoms with Crippen LogP contribution in [0.25, 0.3) is 6.08 Å². The molecule has 0 radical (unpaired) electrons. The van der Waals surface area contributed by atoms with Crippen LogP contribution in [0.15, 0.2) is 60.7 Å². The maximum Gasteiger partial charge on any atom is 0.0407 e. The van der Waals surface area contributed by atoms with E-state index in [4.69, 9.17) is 11.6 Å². The highest BCUT2D eigenvalue weighted by atomic mass is 35.5. The van der Waals surface area contributed by atoms with Crippen LogP contribution >= 0.6 is 11.6 Å². The second kappa shape index (κ2) is 13.9. The molecule has 0 fully saturated rings. The largest absolute Gasteiger partial charge is 0.122 e. The van der Waals surface area contributed by atoms with Gasteiger partial charge in [-0.2, -0.15) is 0 Å². The quantitative estimate of drug-likeness (QED) is 0.441. The van der Waals surface area contributed by atoms with Gasteiger partial charge in [0.05, 0.1) is 0 Å². The minimum absolute atomic E-state index is 0.578. The molecule has 1 heteroatoms. The molecular formula is C23H31Cl. The molecule has 0 amide bonds. The highest BCUT2D eigenvalue weighted by Crippen LogP contribution is 2.14. The van der Waals surface area contributed by atoms with Crippen molar-refractivity contribution >= 4 is 17.7 Å². The van der Waals surface area contributed by atoms with E-state index in [9.17, 15) is 0 Å². The van der Waals surface area contributed by atoms with Crippen LogP contribution in [0.1, 0.15) is 56.2 Å². The van der Waals surface area contributed by atoms with Crippen molar-refractivity contribution in [3.63, 3.8) is 0 Å². The summed E-state index contributed by atoms with van der Waals surface area (Å²) in [6.07, 6.45) is 11.7. The van der Waals surface area contributed by atoms with E-state index < -0.39 is 0 Å². The Kier molecular flexibility index (Phi) is 11.9. The first kappa shape index (κ1) is 20.5. The standard InChI is InChI=1S/C14H22.C9H9Cl/c1-3-5-9-13-11-7-8-12-14(13)10-6-4-2;10-8-4-7-9-5-2-1-3-6-9/h7-8,11-12H,3-6,9-10H2,1-2H3;1-7H,8H2. The molecule has 0 nitrogen and oxygen atoms in total. The molecule has 0 saturated heterocycles. The Bertz CT molecular complexity index is 530. The summed E-state index contributed by atoms with van der Waals surface area (Å²) in [4.78, 5) is 0. The number of aryl methyl sites for hydroxylation is 2. The van der Waals surface area contributed by atoms with E-state index in [0.717, 1.165) is 0 Å². The molecule has 2 aromatic carbocycles. The minimum atomic E-state index is 0.578. The molecule has 0 saturated carbocycles. The average Bonchev–Trinajstić information content (AvgIpc) is 2.65. The number of halogens is 1. The van der Waals surface area contributed by atoms with Gasteiger partial charge in [0.25, 0.3) is 0 Å². The predicted molar refractivity (Wildman–Crippen MR) is 110 cm³/mol. The van der Waals surface area contributed by atoms with Gasteiger partial charge < -0.3 is 0 Å². The Hall–Kier alpha value is -1.53. The molecule has 2 aromatic rings. The minimum Gasteiger partial charge on any atom is -0.122 e. The van der Waals surface area contributed by atoms with Crippen molar-refractivity contribution in [2.45, 2.75) is 52.4 Å². The number of unbranched alkanes of at least 4 members (excludes halogenated alkanes) is 2. The lowest BCUT2D eigenvalue weighted by atomic mass is 9.98. The SMILES string of the molecule is CCCCc1ccccc1CCCC.ClCC=Cc1ccccc1. The summed E-state index contributed by atoms with van der Waals surface area (Å²) in [7, 11) is 0. The molecule has 24 heavy (non-hydrogen) atoms. The zero-order chi connectivity index (χ0) is 17.5. The van der Waals surface area contributed by atoms with Crippen molar-refractivity contribution in [3.05, 3.63) is 77.4 Å². The highest BCUT2D eigenvalue weighted by Gasteiger charge is 2.00. The molecule has 130 valence electrons. The first-order valence-electron chi connectivity index (χ1n) is 9.16. The second-order valence-corrected chi connectivity index (χ2v) is 6.25. The third-order valence-corrected chi connectivity index (χ3v) is 4.09. The summed E-state index contributed by atoms with van der Waals surface area (Å²) in [6, 6.07) is 19.0. The predicted octanol–water partition coefficient (Wildman–Crippen LogP) is 7.31. The lowest BCUT2D eigenvalue weighted by Crippen LogP contribution is -1.94. The molecule has 0 aliphatic carbocycles. The Morgan fingerprint density at radius 1 is 0.750 bits per heavy atom. The second-order valence-electron chi connectivity index (χ2n) is 5.94. The molecule has 0 unspecified atom stereocenters. The first-order chi connectivity index (χ1) is 11.8. The molecule has 0 aliphatic heterocycles. The summed E-state index contributed by atoms with van der Waals surface area (Å²) in [5, 5.41) is 0. The fourth-order valence-corrected chi connectivity index (χ4v) is 2.61. The Labute approximate surface area is 153 Å². The van der Waals surface area contributed by atoms with Crippen molar-refractivity contribution in [1.82, 2.24) is 0 Å². The van der Waals surface area contributed by atoms with Crippen LogP contribution < -0.4 is 0 Å². The van der Waals surface area contributed by atoms with Crippen LogP contribution in [0.3, 0.4) is 0 Å². The van der Waals surface area contributed by atoms with Crippen LogP contribution in [0.5, 0.6) is 0 Å². The van der Waals surface area contributed by atoms with Crippen molar-refractivity contribution < 1.29 is 0 Å². The maximum atomic E-state index is 5.46. The Balaban J connectivity index is 0.000000254. The normalized spacial score (nSPS) is 10.5. The van der Waals surface area contributed by atoms with Gasteiger partial charge in [0.2, 0.25) is 0 Å². The monoisotopic (exact) mass is 342 g/mol. The topological polar surface area (TPSA) is 0 Å². The Morgan fingerprint density at radius 2 is 1.25 bits per heavy atom. The van der Waals surface area contributed by atoms with Crippen molar-refractivity contribution in [3.8, 4) is 0 Å². The van der Waals surface area contributed by atoms with Gasteiger partial charge >= 0.3 is 0 Å². The summed E-state index contributed by atoms with van der Waals surface area (Å²) < 4.78 is 0. The fraction of sp³-hybridized carbons (Fsp3) is 0.391. The zero-order valence-electron chi connectivity index (χ0n) is 15.2. The van der Waals surface area contributed by atoms with Crippen LogP contribution in [0, 0.1) is 0 Å². The number of alkyl halides is 1. The third kappa shape index (κ3) is 8.93. The van der Waals surface area contributed by atoms with Crippen molar-refractivity contribution in [1.29, 1.82) is 0 Å². The number of hydrogen-bond donors (Lipinski definition) is 0. The first-order valence-corrected chi connectivity index (χ1v) is 9.69. The van der Waals surface area contributed by atoms with Crippen LogP contribution in [0.4, 0.5) is 0 Å². The van der Waals surface area contributed by atoms with E-state index in [2.05, 4.69) is 38.1 Å². The lowest BCUT2D eigenvalue weighted by molar-refractivity contribution is 0.758. The van der Waals surface area contributed by atoms with Crippen LogP contribution in [-0.4, -0.2) is 5.88 Å². The van der Waals surface area contributed by atoms with Gasteiger partial charge in [0.1, 0.15) is 0 Å². The molecule has 2 rings (SSSR count). The number of hydrogen-bond acceptors (Lipinski definition) is 0. The van der Waals surface area contributed by atoms with E-state index in [0.29, 0.717) is 5.88 Å². The average molecular weight is 343 g/mol. The zero-order valence-corrected chi connectivity index (χ0v) is 15.9. The molecular weight excluding hydrogens is 312 g/mol. The van der Waals surface area contributed by atoms with Gasteiger partial charge in [-0.15, -0.1) is 11.6 Å². The van der Waals surface area contributed by atoms with Gasteiger partial charge in [-0.05, 0) is 42.4 Å². The van der Waals surface area contributed by atoms with E-state index in [1.165, 1.54) is 44.1 Å². The third-order valence-electron chi connectivity index (χ3n) is 3.92. The van der Waals surface area contributed by atoms with Gasteiger partial charge in [-0.25, -0.2) is 0 Å². The van der Waals surface area contributed by atoms with Gasteiger partial charge in [0.15, 0.2) is 0 Å². The smallest absolute Gasteiger partial charge is 0.0407 e. The number of rotatable bonds is 8. The lowest BCUT2D eigenvalue weighted by Gasteiger charge is -2.07. The number of benzene rings is 2. The van der Waals surface area contributed by atoms with E-state index in [1.54, 1.807) is 11.1 Å². The highest BCUT2D eigenvalue weighted by molar-refractivity contribution is 6.19. The van der Waals surface area contributed by atoms with E-state index in [-0.39, 0.29) is 0 Å². The van der Waals surface area contributed by atoms with E-state index >= 15 is 0 Å². The Morgan fingerprint density at radius 3 is 1.71 bits per heavy atom. The molecule has 0 aliphatic rings. The van der Waals surface area contributed by atoms with Crippen molar-refractivity contribution in [2.75, 3.05) is 5.88 Å². The summed E-state index contributed by atoms with van der Waals surface area (Å²) >= 11 is 5.46. The van der Waals surface area contributed by atoms with Crippen LogP contribution in [0.2, 0.25) is 0 Å².